The quantitative estimate of drug-likeness (QED) is 0.440. The molecule has 0 spiro atoms. The number of aromatic amines is 1. The Bertz CT molecular complexity index is 1290. The van der Waals surface area contributed by atoms with E-state index in [9.17, 15) is 9.59 Å². The van der Waals surface area contributed by atoms with Crippen LogP contribution in [0.15, 0.2) is 57.9 Å². The molecule has 4 aromatic rings. The summed E-state index contributed by atoms with van der Waals surface area (Å²) in [5.41, 5.74) is 1.39. The van der Waals surface area contributed by atoms with Crippen LogP contribution in [0.4, 0.5) is 5.82 Å². The molecule has 1 amide bonds. The van der Waals surface area contributed by atoms with E-state index in [-0.39, 0.29) is 18.1 Å². The lowest BCUT2D eigenvalue weighted by Gasteiger charge is -2.10. The van der Waals surface area contributed by atoms with Gasteiger partial charge in [0.2, 0.25) is 5.95 Å². The average molecular weight is 454 g/mol. The number of carbonyl (C=O) groups is 1. The standard InChI is InChI=1S/C22H20ClN5O4/c1-3-16-13(2)24-22(26-21(16)30)28-19(11-17(27-28)18-5-4-10-31-18)25-20(29)12-32-15-8-6-14(23)7-9-15/h4-11H,3,12H2,1-2H3,(H,25,29)(H,24,26,30). The van der Waals surface area contributed by atoms with E-state index in [0.717, 1.165) is 0 Å². The van der Waals surface area contributed by atoms with E-state index in [1.165, 1.54) is 10.9 Å². The number of H-pyrrole nitrogens is 1. The summed E-state index contributed by atoms with van der Waals surface area (Å²) < 4.78 is 12.3. The summed E-state index contributed by atoms with van der Waals surface area (Å²) in [7, 11) is 0. The predicted octanol–water partition coefficient (Wildman–Crippen LogP) is 3.76. The number of furan rings is 1. The molecule has 1 aromatic carbocycles. The fraction of sp³-hybridized carbons (Fsp3) is 0.182. The van der Waals surface area contributed by atoms with Gasteiger partial charge in [-0.3, -0.25) is 14.6 Å². The second kappa shape index (κ2) is 9.11. The molecule has 0 atom stereocenters. The lowest BCUT2D eigenvalue weighted by molar-refractivity contribution is -0.118. The van der Waals surface area contributed by atoms with E-state index < -0.39 is 5.91 Å². The third-order valence-corrected chi connectivity index (χ3v) is 4.95. The van der Waals surface area contributed by atoms with Crippen molar-refractivity contribution in [3.05, 3.63) is 75.4 Å². The largest absolute Gasteiger partial charge is 0.484 e. The lowest BCUT2D eigenvalue weighted by atomic mass is 10.2. The topological polar surface area (TPSA) is 115 Å². The van der Waals surface area contributed by atoms with Gasteiger partial charge in [0.1, 0.15) is 17.3 Å². The Labute approximate surface area is 188 Å². The van der Waals surface area contributed by atoms with Crippen LogP contribution < -0.4 is 15.6 Å². The minimum Gasteiger partial charge on any atom is -0.484 e. The number of anilines is 1. The van der Waals surface area contributed by atoms with Crippen LogP contribution in [0.5, 0.6) is 5.75 Å². The van der Waals surface area contributed by atoms with Crippen LogP contribution >= 0.6 is 11.6 Å². The second-order valence-corrected chi connectivity index (χ2v) is 7.34. The summed E-state index contributed by atoms with van der Waals surface area (Å²) in [4.78, 5) is 32.2. The van der Waals surface area contributed by atoms with E-state index in [2.05, 4.69) is 20.4 Å². The Morgan fingerprint density at radius 1 is 1.28 bits per heavy atom. The molecule has 32 heavy (non-hydrogen) atoms. The van der Waals surface area contributed by atoms with Crippen molar-refractivity contribution >= 4 is 23.3 Å². The molecule has 10 heteroatoms. The van der Waals surface area contributed by atoms with Gasteiger partial charge in [-0.1, -0.05) is 18.5 Å². The van der Waals surface area contributed by atoms with Crippen molar-refractivity contribution in [3.8, 4) is 23.2 Å². The van der Waals surface area contributed by atoms with Crippen LogP contribution in [-0.4, -0.2) is 32.3 Å². The van der Waals surface area contributed by atoms with Crippen LogP contribution in [0.2, 0.25) is 5.02 Å². The van der Waals surface area contributed by atoms with Crippen molar-refractivity contribution in [2.75, 3.05) is 11.9 Å². The third-order valence-electron chi connectivity index (χ3n) is 4.70. The molecule has 0 bridgehead atoms. The van der Waals surface area contributed by atoms with E-state index in [1.807, 2.05) is 6.92 Å². The van der Waals surface area contributed by atoms with E-state index in [4.69, 9.17) is 20.8 Å². The van der Waals surface area contributed by atoms with Gasteiger partial charge in [-0.2, -0.15) is 9.78 Å². The minimum absolute atomic E-state index is 0.177. The molecule has 0 saturated carbocycles. The molecular weight excluding hydrogens is 434 g/mol. The molecule has 0 aliphatic rings. The normalized spacial score (nSPS) is 10.8. The maximum absolute atomic E-state index is 12.5. The highest BCUT2D eigenvalue weighted by molar-refractivity contribution is 6.30. The van der Waals surface area contributed by atoms with Crippen molar-refractivity contribution in [2.24, 2.45) is 0 Å². The van der Waals surface area contributed by atoms with E-state index >= 15 is 0 Å². The van der Waals surface area contributed by atoms with Crippen LogP contribution in [0.3, 0.4) is 0 Å². The fourth-order valence-corrected chi connectivity index (χ4v) is 3.27. The summed E-state index contributed by atoms with van der Waals surface area (Å²) >= 11 is 5.86. The third kappa shape index (κ3) is 4.57. The van der Waals surface area contributed by atoms with E-state index in [0.29, 0.717) is 45.7 Å². The number of hydrogen-bond donors (Lipinski definition) is 2. The van der Waals surface area contributed by atoms with Crippen molar-refractivity contribution in [2.45, 2.75) is 20.3 Å². The first kappa shape index (κ1) is 21.4. The highest BCUT2D eigenvalue weighted by Gasteiger charge is 2.18. The summed E-state index contributed by atoms with van der Waals surface area (Å²) in [5.74, 6) is 1.06. The van der Waals surface area contributed by atoms with Gasteiger partial charge in [-0.25, -0.2) is 4.98 Å². The summed E-state index contributed by atoms with van der Waals surface area (Å²) in [5, 5.41) is 7.78. The summed E-state index contributed by atoms with van der Waals surface area (Å²) in [6.07, 6.45) is 2.07. The first-order valence-electron chi connectivity index (χ1n) is 9.87. The zero-order valence-electron chi connectivity index (χ0n) is 17.4. The maximum Gasteiger partial charge on any atom is 0.263 e. The number of amides is 1. The highest BCUT2D eigenvalue weighted by atomic mass is 35.5. The monoisotopic (exact) mass is 453 g/mol. The smallest absolute Gasteiger partial charge is 0.263 e. The average Bonchev–Trinajstić information content (AvgIpc) is 3.43. The van der Waals surface area contributed by atoms with Gasteiger partial charge in [-0.05, 0) is 49.7 Å². The van der Waals surface area contributed by atoms with Gasteiger partial charge in [-0.15, -0.1) is 0 Å². The number of halogens is 1. The second-order valence-electron chi connectivity index (χ2n) is 6.90. The number of hydrogen-bond acceptors (Lipinski definition) is 6. The molecule has 0 radical (unpaired) electrons. The molecular formula is C22H20ClN5O4. The molecule has 0 fully saturated rings. The Morgan fingerprint density at radius 2 is 2.06 bits per heavy atom. The zero-order valence-corrected chi connectivity index (χ0v) is 18.1. The van der Waals surface area contributed by atoms with Crippen LogP contribution in [0.25, 0.3) is 17.4 Å². The first-order valence-corrected chi connectivity index (χ1v) is 10.2. The van der Waals surface area contributed by atoms with Gasteiger partial charge < -0.3 is 14.5 Å². The lowest BCUT2D eigenvalue weighted by Crippen LogP contribution is -2.24. The van der Waals surface area contributed by atoms with Crippen molar-refractivity contribution in [1.82, 2.24) is 19.7 Å². The van der Waals surface area contributed by atoms with Gasteiger partial charge in [0.15, 0.2) is 12.4 Å². The molecule has 0 aliphatic heterocycles. The zero-order chi connectivity index (χ0) is 22.7. The molecule has 2 N–H and O–H groups in total. The maximum atomic E-state index is 12.5. The number of carbonyl (C=O) groups excluding carboxylic acids is 1. The van der Waals surface area contributed by atoms with Crippen LogP contribution in [-0.2, 0) is 11.2 Å². The van der Waals surface area contributed by atoms with Gasteiger partial charge in [0.25, 0.3) is 11.5 Å². The molecule has 164 valence electrons. The predicted molar refractivity (Wildman–Crippen MR) is 119 cm³/mol. The molecule has 0 aliphatic carbocycles. The number of nitrogens with zero attached hydrogens (tertiary/aromatic N) is 3. The summed E-state index contributed by atoms with van der Waals surface area (Å²) in [6, 6.07) is 11.8. The Kier molecular flexibility index (Phi) is 6.09. The Balaban J connectivity index is 1.62. The van der Waals surface area contributed by atoms with Gasteiger partial charge in [0.05, 0.1) is 6.26 Å². The number of aryl methyl sites for hydroxylation is 1. The van der Waals surface area contributed by atoms with Crippen LogP contribution in [0.1, 0.15) is 18.2 Å². The SMILES string of the molecule is CCc1c(C)nc(-n2nc(-c3ccco3)cc2NC(=O)COc2ccc(Cl)cc2)[nH]c1=O. The number of benzene rings is 1. The molecule has 0 unspecified atom stereocenters. The Hall–Kier alpha value is -3.85. The molecule has 3 heterocycles. The fourth-order valence-electron chi connectivity index (χ4n) is 3.15. The molecule has 3 aromatic heterocycles. The molecule has 4 rings (SSSR count). The molecule has 0 saturated heterocycles. The van der Waals surface area contributed by atoms with E-state index in [1.54, 1.807) is 49.4 Å². The minimum atomic E-state index is -0.420. The molecule has 9 nitrogen and oxygen atoms in total. The number of nitrogens with one attached hydrogen (secondary N) is 2. The summed E-state index contributed by atoms with van der Waals surface area (Å²) in [6.45, 7) is 3.40. The van der Waals surface area contributed by atoms with Crippen molar-refractivity contribution in [3.63, 3.8) is 0 Å². The highest BCUT2D eigenvalue weighted by Crippen LogP contribution is 2.24. The number of aromatic nitrogens is 4. The van der Waals surface area contributed by atoms with Gasteiger partial charge in [0, 0.05) is 22.3 Å². The van der Waals surface area contributed by atoms with Crippen LogP contribution in [0, 0.1) is 6.92 Å². The Morgan fingerprint density at radius 3 is 2.72 bits per heavy atom. The number of ether oxygens (including phenoxy) is 1. The first-order chi connectivity index (χ1) is 15.4. The van der Waals surface area contributed by atoms with Gasteiger partial charge >= 0.3 is 0 Å². The van der Waals surface area contributed by atoms with Crippen molar-refractivity contribution < 1.29 is 13.9 Å². The van der Waals surface area contributed by atoms with Crippen molar-refractivity contribution in [1.29, 1.82) is 0 Å². The number of rotatable bonds is 7.